The Labute approximate surface area is 125 Å². The second kappa shape index (κ2) is 6.16. The second-order valence-electron chi connectivity index (χ2n) is 6.40. The number of carbonyl (C=O) groups excluding carboxylic acids is 2. The average molecular weight is 289 g/mol. The molecule has 1 aromatic rings. The highest BCUT2D eigenvalue weighted by molar-refractivity contribution is 5.87. The van der Waals surface area contributed by atoms with Crippen molar-refractivity contribution < 1.29 is 9.59 Å². The van der Waals surface area contributed by atoms with Crippen LogP contribution in [-0.4, -0.2) is 29.9 Å². The van der Waals surface area contributed by atoms with Crippen LogP contribution in [0.2, 0.25) is 0 Å². The molecule has 1 unspecified atom stereocenters. The third kappa shape index (κ3) is 4.48. The van der Waals surface area contributed by atoms with Crippen LogP contribution in [0.3, 0.4) is 0 Å². The molecule has 1 heterocycles. The van der Waals surface area contributed by atoms with Crippen molar-refractivity contribution in [3.8, 4) is 0 Å². The van der Waals surface area contributed by atoms with E-state index in [1.807, 2.05) is 45.0 Å². The summed E-state index contributed by atoms with van der Waals surface area (Å²) in [5.41, 5.74) is 1.93. The number of amides is 2. The summed E-state index contributed by atoms with van der Waals surface area (Å²) in [4.78, 5) is 23.7. The molecule has 1 aliphatic heterocycles. The molecule has 5 heteroatoms. The van der Waals surface area contributed by atoms with E-state index in [1.165, 1.54) is 0 Å². The Morgan fingerprint density at radius 1 is 1.29 bits per heavy atom. The van der Waals surface area contributed by atoms with Crippen molar-refractivity contribution in [2.45, 2.75) is 45.2 Å². The van der Waals surface area contributed by atoms with E-state index in [0.29, 0.717) is 19.4 Å². The van der Waals surface area contributed by atoms with Crippen LogP contribution in [0.5, 0.6) is 0 Å². The Balaban J connectivity index is 1.73. The molecule has 0 saturated heterocycles. The van der Waals surface area contributed by atoms with Crippen LogP contribution in [0.25, 0.3) is 0 Å². The van der Waals surface area contributed by atoms with Gasteiger partial charge in [-0.25, -0.2) is 0 Å². The summed E-state index contributed by atoms with van der Waals surface area (Å²) in [6, 6.07) is 7.67. The summed E-state index contributed by atoms with van der Waals surface area (Å²) < 4.78 is 0. The minimum absolute atomic E-state index is 0.0505. The number of carbonyl (C=O) groups is 2. The molecule has 0 fully saturated rings. The van der Waals surface area contributed by atoms with Gasteiger partial charge in [-0.2, -0.15) is 0 Å². The maximum atomic E-state index is 12.1. The van der Waals surface area contributed by atoms with Crippen molar-refractivity contribution in [3.05, 3.63) is 29.8 Å². The predicted octanol–water partition coefficient (Wildman–Crippen LogP) is 1.44. The molecule has 21 heavy (non-hydrogen) atoms. The number of rotatable bonds is 4. The first-order valence-corrected chi connectivity index (χ1v) is 7.28. The minimum atomic E-state index is -0.243. The summed E-state index contributed by atoms with van der Waals surface area (Å²) >= 11 is 0. The number of para-hydroxylation sites is 1. The molecule has 0 spiro atoms. The predicted molar refractivity (Wildman–Crippen MR) is 83.1 cm³/mol. The fourth-order valence-corrected chi connectivity index (χ4v) is 2.36. The third-order valence-electron chi connectivity index (χ3n) is 3.25. The van der Waals surface area contributed by atoms with Gasteiger partial charge in [0, 0.05) is 30.6 Å². The maximum Gasteiger partial charge on any atom is 0.242 e. The summed E-state index contributed by atoms with van der Waals surface area (Å²) in [6.07, 6.45) is 0.985. The Morgan fingerprint density at radius 2 is 2.00 bits per heavy atom. The number of anilines is 1. The molecule has 1 atom stereocenters. The molecule has 0 bridgehead atoms. The van der Waals surface area contributed by atoms with Crippen LogP contribution in [-0.2, 0) is 16.0 Å². The van der Waals surface area contributed by atoms with Crippen molar-refractivity contribution in [3.63, 3.8) is 0 Å². The number of benzene rings is 1. The van der Waals surface area contributed by atoms with Crippen LogP contribution >= 0.6 is 0 Å². The van der Waals surface area contributed by atoms with Crippen LogP contribution in [0.15, 0.2) is 24.3 Å². The molecular weight excluding hydrogens is 266 g/mol. The molecular formula is C16H23N3O2. The highest BCUT2D eigenvalue weighted by Crippen LogP contribution is 2.24. The Morgan fingerprint density at radius 3 is 2.67 bits per heavy atom. The lowest BCUT2D eigenvalue weighted by Crippen LogP contribution is -2.43. The number of hydrogen-bond acceptors (Lipinski definition) is 3. The van der Waals surface area contributed by atoms with E-state index < -0.39 is 0 Å². The monoisotopic (exact) mass is 289 g/mol. The van der Waals surface area contributed by atoms with Crippen LogP contribution in [0, 0.1) is 0 Å². The first kappa shape index (κ1) is 15.4. The fourth-order valence-electron chi connectivity index (χ4n) is 2.36. The molecule has 0 aromatic heterocycles. The zero-order valence-electron chi connectivity index (χ0n) is 12.8. The summed E-state index contributed by atoms with van der Waals surface area (Å²) in [5.74, 6) is -0.111. The van der Waals surface area contributed by atoms with E-state index in [9.17, 15) is 9.59 Å². The van der Waals surface area contributed by atoms with Gasteiger partial charge in [0.05, 0.1) is 0 Å². The summed E-state index contributed by atoms with van der Waals surface area (Å²) in [6.45, 7) is 6.16. The molecule has 0 radical (unpaired) electrons. The Hall–Kier alpha value is -2.04. The molecule has 2 amide bonds. The average Bonchev–Trinajstić information content (AvgIpc) is 2.80. The SMILES string of the molecule is CC(C)(C)NC(=O)CCNC(=O)C1Cc2ccccc2N1. The van der Waals surface area contributed by atoms with E-state index in [2.05, 4.69) is 16.0 Å². The van der Waals surface area contributed by atoms with Gasteiger partial charge in [0.15, 0.2) is 0 Å². The largest absolute Gasteiger partial charge is 0.373 e. The minimum Gasteiger partial charge on any atom is -0.373 e. The van der Waals surface area contributed by atoms with E-state index >= 15 is 0 Å². The number of hydrogen-bond donors (Lipinski definition) is 3. The molecule has 114 valence electrons. The quantitative estimate of drug-likeness (QED) is 0.785. The van der Waals surface area contributed by atoms with Crippen molar-refractivity contribution in [1.82, 2.24) is 10.6 Å². The molecule has 0 saturated carbocycles. The van der Waals surface area contributed by atoms with Crippen LogP contribution < -0.4 is 16.0 Å². The first-order chi connectivity index (χ1) is 9.85. The van der Waals surface area contributed by atoms with Gasteiger partial charge in [-0.3, -0.25) is 9.59 Å². The standard InChI is InChI=1S/C16H23N3O2/c1-16(2,3)19-14(20)8-9-17-15(21)13-10-11-6-4-5-7-12(11)18-13/h4-7,13,18H,8-10H2,1-3H3,(H,17,21)(H,19,20). The molecule has 1 aliphatic rings. The third-order valence-corrected chi connectivity index (χ3v) is 3.25. The van der Waals surface area contributed by atoms with Gasteiger partial charge in [0.25, 0.3) is 0 Å². The van der Waals surface area contributed by atoms with Gasteiger partial charge < -0.3 is 16.0 Å². The van der Waals surface area contributed by atoms with Crippen LogP contribution in [0.1, 0.15) is 32.8 Å². The number of fused-ring (bicyclic) bond motifs is 1. The van der Waals surface area contributed by atoms with Gasteiger partial charge in [-0.15, -0.1) is 0 Å². The lowest BCUT2D eigenvalue weighted by Gasteiger charge is -2.20. The highest BCUT2D eigenvalue weighted by atomic mass is 16.2. The van der Waals surface area contributed by atoms with Gasteiger partial charge in [0.1, 0.15) is 6.04 Å². The lowest BCUT2D eigenvalue weighted by molar-refractivity contribution is -0.123. The second-order valence-corrected chi connectivity index (χ2v) is 6.40. The van der Waals surface area contributed by atoms with Crippen molar-refractivity contribution in [2.24, 2.45) is 0 Å². The topological polar surface area (TPSA) is 70.2 Å². The zero-order chi connectivity index (χ0) is 15.5. The van der Waals surface area contributed by atoms with Gasteiger partial charge in [-0.05, 0) is 32.4 Å². The first-order valence-electron chi connectivity index (χ1n) is 7.28. The normalized spacial score (nSPS) is 16.8. The van der Waals surface area contributed by atoms with Gasteiger partial charge >= 0.3 is 0 Å². The summed E-state index contributed by atoms with van der Waals surface area (Å²) in [7, 11) is 0. The van der Waals surface area contributed by atoms with E-state index in [-0.39, 0.29) is 23.4 Å². The number of nitrogens with one attached hydrogen (secondary N) is 3. The van der Waals surface area contributed by atoms with E-state index in [4.69, 9.17) is 0 Å². The smallest absolute Gasteiger partial charge is 0.242 e. The van der Waals surface area contributed by atoms with Gasteiger partial charge in [-0.1, -0.05) is 18.2 Å². The van der Waals surface area contributed by atoms with Gasteiger partial charge in [0.2, 0.25) is 11.8 Å². The van der Waals surface area contributed by atoms with E-state index in [0.717, 1.165) is 11.3 Å². The maximum absolute atomic E-state index is 12.1. The van der Waals surface area contributed by atoms with Crippen molar-refractivity contribution in [2.75, 3.05) is 11.9 Å². The summed E-state index contributed by atoms with van der Waals surface area (Å²) in [5, 5.41) is 8.88. The zero-order valence-corrected chi connectivity index (χ0v) is 12.8. The molecule has 5 nitrogen and oxygen atoms in total. The molecule has 3 N–H and O–H groups in total. The molecule has 2 rings (SSSR count). The molecule has 0 aliphatic carbocycles. The highest BCUT2D eigenvalue weighted by Gasteiger charge is 2.26. The Bertz CT molecular complexity index is 510. The lowest BCUT2D eigenvalue weighted by atomic mass is 10.1. The Kier molecular flexibility index (Phi) is 4.50. The van der Waals surface area contributed by atoms with Crippen molar-refractivity contribution >= 4 is 17.5 Å². The molecule has 1 aromatic carbocycles. The van der Waals surface area contributed by atoms with Crippen LogP contribution in [0.4, 0.5) is 5.69 Å². The van der Waals surface area contributed by atoms with Crippen molar-refractivity contribution in [1.29, 1.82) is 0 Å². The van der Waals surface area contributed by atoms with E-state index in [1.54, 1.807) is 0 Å². The fraction of sp³-hybridized carbons (Fsp3) is 0.500.